The highest BCUT2D eigenvalue weighted by molar-refractivity contribution is 7.93. The lowest BCUT2D eigenvalue weighted by Gasteiger charge is -2.41. The zero-order chi connectivity index (χ0) is 35.2. The lowest BCUT2D eigenvalue weighted by molar-refractivity contribution is -0.127. The first kappa shape index (κ1) is 34.3. The van der Waals surface area contributed by atoms with Crippen LogP contribution in [0.15, 0.2) is 76.4 Å². The number of halogens is 1. The third kappa shape index (κ3) is 5.61. The number of oxazole rings is 1. The van der Waals surface area contributed by atoms with Crippen molar-refractivity contribution in [2.75, 3.05) is 65.4 Å². The van der Waals surface area contributed by atoms with Crippen molar-refractivity contribution in [2.24, 2.45) is 0 Å². The first-order valence-corrected chi connectivity index (χ1v) is 18.3. The van der Waals surface area contributed by atoms with Crippen LogP contribution in [0.4, 0.5) is 5.69 Å². The largest absolute Gasteiger partial charge is 0.497 e. The quantitative estimate of drug-likeness (QED) is 0.222. The third-order valence-corrected chi connectivity index (χ3v) is 12.0. The van der Waals surface area contributed by atoms with Crippen molar-refractivity contribution in [1.82, 2.24) is 19.7 Å². The molecule has 0 radical (unpaired) electrons. The van der Waals surface area contributed by atoms with E-state index in [9.17, 15) is 8.42 Å². The lowest BCUT2D eigenvalue weighted by Crippen LogP contribution is -2.54. The predicted octanol–water partition coefficient (Wildman–Crippen LogP) is 4.92. The van der Waals surface area contributed by atoms with Gasteiger partial charge in [-0.05, 0) is 67.9 Å². The molecule has 14 heteroatoms. The van der Waals surface area contributed by atoms with E-state index in [0.29, 0.717) is 59.5 Å². The molecule has 0 N–H and O–H groups in total. The lowest BCUT2D eigenvalue weighted by atomic mass is 9.80. The summed E-state index contributed by atoms with van der Waals surface area (Å²) in [5, 5.41) is 0.349. The Hall–Kier alpha value is -4.14. The summed E-state index contributed by atoms with van der Waals surface area (Å²) in [5.41, 5.74) is 0.372. The molecule has 4 aromatic rings. The summed E-state index contributed by atoms with van der Waals surface area (Å²) in [6, 6.07) is 14.6. The van der Waals surface area contributed by atoms with Gasteiger partial charge in [0.1, 0.15) is 28.4 Å². The van der Waals surface area contributed by atoms with Gasteiger partial charge in [0.25, 0.3) is 15.9 Å². The van der Waals surface area contributed by atoms with Crippen molar-refractivity contribution >= 4 is 33.2 Å². The van der Waals surface area contributed by atoms with E-state index in [2.05, 4.69) is 21.8 Å². The fourth-order valence-corrected chi connectivity index (χ4v) is 9.36. The number of likely N-dealkylation sites (N-methyl/N-ethyl adjacent to an activating group) is 1. The standard InChI is InChI=1S/C36H40ClN5O7S/c1-39-15-17-40(18-16-39)23-24-7-11-31(47-3)28(20-24)36(41-14-5-6-30(41)34-38-13-19-49-34)27-21-25(37)8-10-29(27)42(35(36)43)50(44,45)33-12-9-26(46-2)22-32(33)48-4/h7-13,19-22,30H,5-6,14-18,23H2,1-4H3. The third-order valence-electron chi connectivity index (χ3n) is 10.0. The molecule has 2 fully saturated rings. The Kier molecular flexibility index (Phi) is 9.29. The number of aromatic nitrogens is 1. The van der Waals surface area contributed by atoms with Crippen LogP contribution < -0.4 is 18.5 Å². The number of sulfonamides is 1. The van der Waals surface area contributed by atoms with Gasteiger partial charge in [0, 0.05) is 61.5 Å². The number of benzene rings is 3. The second kappa shape index (κ2) is 13.5. The second-order valence-electron chi connectivity index (χ2n) is 12.8. The molecular formula is C36H40ClN5O7S. The molecule has 7 rings (SSSR count). The minimum Gasteiger partial charge on any atom is -0.497 e. The van der Waals surface area contributed by atoms with Crippen molar-refractivity contribution in [2.45, 2.75) is 35.9 Å². The predicted molar refractivity (Wildman–Crippen MR) is 187 cm³/mol. The summed E-state index contributed by atoms with van der Waals surface area (Å²) in [4.78, 5) is 26.7. The van der Waals surface area contributed by atoms with Crippen molar-refractivity contribution in [3.63, 3.8) is 0 Å². The van der Waals surface area contributed by atoms with Crippen molar-refractivity contribution in [3.8, 4) is 17.2 Å². The summed E-state index contributed by atoms with van der Waals surface area (Å²) in [6.07, 6.45) is 4.42. The van der Waals surface area contributed by atoms with Gasteiger partial charge in [0.05, 0.1) is 39.3 Å². The molecule has 3 aliphatic rings. The van der Waals surface area contributed by atoms with Crippen LogP contribution in [0.2, 0.25) is 5.02 Å². The van der Waals surface area contributed by atoms with Gasteiger partial charge in [-0.15, -0.1) is 0 Å². The molecule has 12 nitrogen and oxygen atoms in total. The van der Waals surface area contributed by atoms with E-state index in [1.54, 1.807) is 31.5 Å². The monoisotopic (exact) mass is 721 g/mol. The van der Waals surface area contributed by atoms with E-state index >= 15 is 4.79 Å². The molecule has 50 heavy (non-hydrogen) atoms. The zero-order valence-corrected chi connectivity index (χ0v) is 30.0. The van der Waals surface area contributed by atoms with Crippen LogP contribution in [-0.2, 0) is 26.9 Å². The van der Waals surface area contributed by atoms with Gasteiger partial charge in [-0.3, -0.25) is 14.6 Å². The molecule has 2 atom stereocenters. The van der Waals surface area contributed by atoms with Crippen LogP contribution in [0.3, 0.4) is 0 Å². The normalized spacial score (nSPS) is 21.8. The van der Waals surface area contributed by atoms with E-state index in [-0.39, 0.29) is 16.3 Å². The Morgan fingerprint density at radius 1 is 0.920 bits per heavy atom. The highest BCUT2D eigenvalue weighted by atomic mass is 35.5. The molecule has 0 saturated carbocycles. The molecular weight excluding hydrogens is 682 g/mol. The minimum absolute atomic E-state index is 0.0377. The van der Waals surface area contributed by atoms with E-state index in [1.165, 1.54) is 38.7 Å². The number of piperazine rings is 1. The number of hydrogen-bond acceptors (Lipinski definition) is 11. The fourth-order valence-electron chi connectivity index (χ4n) is 7.59. The molecule has 4 heterocycles. The molecule has 3 aliphatic heterocycles. The highest BCUT2D eigenvalue weighted by Gasteiger charge is 2.63. The van der Waals surface area contributed by atoms with Gasteiger partial charge in [0.2, 0.25) is 5.89 Å². The maximum atomic E-state index is 15.7. The van der Waals surface area contributed by atoms with Crippen molar-refractivity contribution in [1.29, 1.82) is 0 Å². The number of hydrogen-bond donors (Lipinski definition) is 0. The molecule has 0 aliphatic carbocycles. The number of carbonyl (C=O) groups is 1. The maximum Gasteiger partial charge on any atom is 0.274 e. The Labute approximate surface area is 297 Å². The number of rotatable bonds is 10. The summed E-state index contributed by atoms with van der Waals surface area (Å²) in [5.74, 6) is 0.620. The average Bonchev–Trinajstić information content (AvgIpc) is 3.88. The van der Waals surface area contributed by atoms with Crippen LogP contribution in [0.5, 0.6) is 17.2 Å². The maximum absolute atomic E-state index is 15.7. The molecule has 0 bridgehead atoms. The Morgan fingerprint density at radius 2 is 1.70 bits per heavy atom. The SMILES string of the molecule is COc1ccc(S(=O)(=O)N2C(=O)C(c3cc(CN4CCN(C)CC4)ccc3OC)(N3CCCC3c3ncco3)c3cc(Cl)ccc32)c(OC)c1. The van der Waals surface area contributed by atoms with Crippen LogP contribution >= 0.6 is 11.6 Å². The van der Waals surface area contributed by atoms with E-state index in [0.717, 1.165) is 36.0 Å². The molecule has 2 saturated heterocycles. The van der Waals surface area contributed by atoms with E-state index in [1.807, 2.05) is 23.1 Å². The van der Waals surface area contributed by atoms with Crippen LogP contribution in [-0.4, -0.2) is 95.1 Å². The Balaban J connectivity index is 1.48. The average molecular weight is 722 g/mol. The Bertz CT molecular complexity index is 2000. The van der Waals surface area contributed by atoms with E-state index < -0.39 is 27.5 Å². The fraction of sp³-hybridized carbons (Fsp3) is 0.389. The smallest absolute Gasteiger partial charge is 0.274 e. The van der Waals surface area contributed by atoms with Crippen LogP contribution in [0.1, 0.15) is 41.5 Å². The first-order valence-electron chi connectivity index (χ1n) is 16.5. The van der Waals surface area contributed by atoms with Gasteiger partial charge < -0.3 is 23.5 Å². The first-order chi connectivity index (χ1) is 24.1. The summed E-state index contributed by atoms with van der Waals surface area (Å²) in [6.45, 7) is 4.78. The summed E-state index contributed by atoms with van der Waals surface area (Å²) in [7, 11) is 1.94. The number of likely N-dealkylation sites (tertiary alicyclic amines) is 1. The number of ether oxygens (including phenoxy) is 3. The molecule has 1 amide bonds. The van der Waals surface area contributed by atoms with Gasteiger partial charge in [-0.1, -0.05) is 17.7 Å². The Morgan fingerprint density at radius 3 is 2.40 bits per heavy atom. The number of nitrogens with zero attached hydrogens (tertiary/aromatic N) is 5. The van der Waals surface area contributed by atoms with Crippen molar-refractivity contribution < 1.29 is 31.8 Å². The number of methoxy groups -OCH3 is 3. The highest BCUT2D eigenvalue weighted by Crippen LogP contribution is 2.57. The van der Waals surface area contributed by atoms with Gasteiger partial charge in [-0.25, -0.2) is 17.7 Å². The molecule has 1 aromatic heterocycles. The minimum atomic E-state index is -4.58. The van der Waals surface area contributed by atoms with Gasteiger partial charge in [0.15, 0.2) is 5.54 Å². The molecule has 2 unspecified atom stereocenters. The van der Waals surface area contributed by atoms with Crippen molar-refractivity contribution in [3.05, 3.63) is 94.7 Å². The molecule has 0 spiro atoms. The van der Waals surface area contributed by atoms with Gasteiger partial charge >= 0.3 is 0 Å². The molecule has 264 valence electrons. The summed E-state index contributed by atoms with van der Waals surface area (Å²) >= 11 is 6.73. The van der Waals surface area contributed by atoms with Crippen LogP contribution in [0.25, 0.3) is 0 Å². The number of anilines is 1. The molecule has 3 aromatic carbocycles. The number of amides is 1. The second-order valence-corrected chi connectivity index (χ2v) is 15.0. The number of carbonyl (C=O) groups excluding carboxylic acids is 1. The topological polar surface area (TPSA) is 118 Å². The van der Waals surface area contributed by atoms with E-state index in [4.69, 9.17) is 30.2 Å². The van der Waals surface area contributed by atoms with Crippen LogP contribution in [0, 0.1) is 0 Å². The summed E-state index contributed by atoms with van der Waals surface area (Å²) < 4.78 is 53.4. The number of fused-ring (bicyclic) bond motifs is 1. The van der Waals surface area contributed by atoms with Gasteiger partial charge in [-0.2, -0.15) is 0 Å². The zero-order valence-electron chi connectivity index (χ0n) is 28.5.